The minimum atomic E-state index is 0.245. The minimum Gasteiger partial charge on any atom is -0.497 e. The number of rotatable bonds is 8. The molecule has 0 heterocycles. The third-order valence-corrected chi connectivity index (χ3v) is 3.09. The van der Waals surface area contributed by atoms with Gasteiger partial charge in [-0.3, -0.25) is 0 Å². The van der Waals surface area contributed by atoms with Crippen molar-refractivity contribution >= 4 is 0 Å². The van der Waals surface area contributed by atoms with Crippen molar-refractivity contribution in [3.63, 3.8) is 0 Å². The first kappa shape index (κ1) is 15.0. The van der Waals surface area contributed by atoms with E-state index in [1.165, 1.54) is 5.56 Å². The lowest BCUT2D eigenvalue weighted by molar-refractivity contribution is 0.0476. The van der Waals surface area contributed by atoms with Gasteiger partial charge in [-0.2, -0.15) is 0 Å². The summed E-state index contributed by atoms with van der Waals surface area (Å²) < 4.78 is 11.0. The van der Waals surface area contributed by atoms with E-state index in [1.54, 1.807) is 7.11 Å². The lowest BCUT2D eigenvalue weighted by Crippen LogP contribution is -2.27. The summed E-state index contributed by atoms with van der Waals surface area (Å²) in [6, 6.07) is 8.40. The van der Waals surface area contributed by atoms with Gasteiger partial charge in [0.2, 0.25) is 0 Å². The van der Waals surface area contributed by atoms with Gasteiger partial charge >= 0.3 is 0 Å². The van der Waals surface area contributed by atoms with Gasteiger partial charge in [0.05, 0.1) is 25.9 Å². The monoisotopic (exact) mass is 251 g/mol. The van der Waals surface area contributed by atoms with Crippen LogP contribution in [-0.2, 0) is 4.74 Å². The summed E-state index contributed by atoms with van der Waals surface area (Å²) >= 11 is 0. The molecule has 0 aromatic heterocycles. The zero-order chi connectivity index (χ0) is 13.4. The predicted octanol–water partition coefficient (Wildman–Crippen LogP) is 3.16. The van der Waals surface area contributed by atoms with Crippen molar-refractivity contribution in [2.24, 2.45) is 0 Å². The van der Waals surface area contributed by atoms with E-state index in [1.807, 2.05) is 12.1 Å². The topological polar surface area (TPSA) is 30.5 Å². The van der Waals surface area contributed by atoms with Crippen molar-refractivity contribution in [1.82, 2.24) is 5.32 Å². The smallest absolute Gasteiger partial charge is 0.118 e. The molecule has 1 aromatic rings. The third-order valence-electron chi connectivity index (χ3n) is 3.09. The molecule has 0 aliphatic rings. The zero-order valence-electron chi connectivity index (χ0n) is 11.9. The quantitative estimate of drug-likeness (QED) is 0.770. The Balaban J connectivity index is 2.64. The van der Waals surface area contributed by atoms with Crippen molar-refractivity contribution < 1.29 is 9.47 Å². The molecule has 0 fully saturated rings. The van der Waals surface area contributed by atoms with E-state index in [2.05, 4.69) is 38.2 Å². The van der Waals surface area contributed by atoms with Crippen LogP contribution in [0.3, 0.4) is 0 Å². The fourth-order valence-electron chi connectivity index (χ4n) is 1.73. The van der Waals surface area contributed by atoms with Crippen LogP contribution in [0.15, 0.2) is 24.3 Å². The van der Waals surface area contributed by atoms with Crippen LogP contribution in [-0.4, -0.2) is 26.4 Å². The number of methoxy groups -OCH3 is 1. The summed E-state index contributed by atoms with van der Waals surface area (Å²) in [6.07, 6.45) is 1.35. The van der Waals surface area contributed by atoms with E-state index >= 15 is 0 Å². The van der Waals surface area contributed by atoms with Gasteiger partial charge < -0.3 is 14.8 Å². The van der Waals surface area contributed by atoms with Crippen molar-refractivity contribution in [2.45, 2.75) is 39.3 Å². The number of nitrogens with one attached hydrogen (secondary N) is 1. The molecule has 102 valence electrons. The maximum absolute atomic E-state index is 5.82. The average Bonchev–Trinajstić information content (AvgIpc) is 2.43. The van der Waals surface area contributed by atoms with Gasteiger partial charge in [0.15, 0.2) is 0 Å². The molecule has 18 heavy (non-hydrogen) atoms. The number of likely N-dealkylation sites (N-methyl/N-ethyl adjacent to an activating group) is 1. The second-order valence-corrected chi connectivity index (χ2v) is 4.44. The maximum atomic E-state index is 5.82. The molecule has 3 heteroatoms. The Morgan fingerprint density at radius 3 is 2.33 bits per heavy atom. The Morgan fingerprint density at radius 1 is 1.17 bits per heavy atom. The highest BCUT2D eigenvalue weighted by Gasteiger charge is 2.12. The SMILES string of the molecule is CCNC(COC(C)CC)c1ccc(OC)cc1. The van der Waals surface area contributed by atoms with E-state index in [4.69, 9.17) is 9.47 Å². The maximum Gasteiger partial charge on any atom is 0.118 e. The summed E-state index contributed by atoms with van der Waals surface area (Å²) in [5.74, 6) is 0.886. The first-order valence-corrected chi connectivity index (χ1v) is 6.70. The van der Waals surface area contributed by atoms with E-state index in [-0.39, 0.29) is 6.04 Å². The number of hydrogen-bond acceptors (Lipinski definition) is 3. The second-order valence-electron chi connectivity index (χ2n) is 4.44. The van der Waals surface area contributed by atoms with Gasteiger partial charge in [-0.25, -0.2) is 0 Å². The minimum absolute atomic E-state index is 0.245. The van der Waals surface area contributed by atoms with Crippen LogP contribution in [0.2, 0.25) is 0 Å². The molecule has 3 nitrogen and oxygen atoms in total. The second kappa shape index (κ2) is 8.11. The Morgan fingerprint density at radius 2 is 1.83 bits per heavy atom. The van der Waals surface area contributed by atoms with E-state index < -0.39 is 0 Å². The lowest BCUT2D eigenvalue weighted by atomic mass is 10.1. The van der Waals surface area contributed by atoms with E-state index in [9.17, 15) is 0 Å². The van der Waals surface area contributed by atoms with Crippen LogP contribution in [0.25, 0.3) is 0 Å². The van der Waals surface area contributed by atoms with Crippen LogP contribution < -0.4 is 10.1 Å². The van der Waals surface area contributed by atoms with Crippen LogP contribution in [0.1, 0.15) is 38.8 Å². The summed E-state index contributed by atoms with van der Waals surface area (Å²) in [7, 11) is 1.68. The van der Waals surface area contributed by atoms with Gasteiger partial charge in [0, 0.05) is 0 Å². The molecule has 0 amide bonds. The number of ether oxygens (including phenoxy) is 2. The number of benzene rings is 1. The molecule has 0 spiro atoms. The molecule has 0 saturated carbocycles. The highest BCUT2D eigenvalue weighted by atomic mass is 16.5. The van der Waals surface area contributed by atoms with Crippen LogP contribution in [0.4, 0.5) is 0 Å². The molecule has 2 atom stereocenters. The van der Waals surface area contributed by atoms with E-state index in [0.29, 0.717) is 12.7 Å². The molecule has 0 radical (unpaired) electrons. The Bertz CT molecular complexity index is 324. The fraction of sp³-hybridized carbons (Fsp3) is 0.600. The Labute approximate surface area is 110 Å². The third kappa shape index (κ3) is 4.67. The molecule has 1 rings (SSSR count). The molecular formula is C15H25NO2. The van der Waals surface area contributed by atoms with E-state index in [0.717, 1.165) is 18.7 Å². The highest BCUT2D eigenvalue weighted by Crippen LogP contribution is 2.18. The Kier molecular flexibility index (Phi) is 6.76. The summed E-state index contributed by atoms with van der Waals surface area (Å²) in [4.78, 5) is 0. The molecule has 1 aromatic carbocycles. The number of hydrogen-bond donors (Lipinski definition) is 1. The first-order chi connectivity index (χ1) is 8.71. The molecule has 0 aliphatic heterocycles. The fourth-order valence-corrected chi connectivity index (χ4v) is 1.73. The standard InChI is InChI=1S/C15H25NO2/c1-5-12(3)18-11-15(16-6-2)13-7-9-14(17-4)10-8-13/h7-10,12,15-16H,5-6,11H2,1-4H3. The van der Waals surface area contributed by atoms with Crippen LogP contribution in [0.5, 0.6) is 5.75 Å². The largest absolute Gasteiger partial charge is 0.497 e. The summed E-state index contributed by atoms with van der Waals surface area (Å²) in [5.41, 5.74) is 1.24. The van der Waals surface area contributed by atoms with Crippen molar-refractivity contribution in [3.8, 4) is 5.75 Å². The van der Waals surface area contributed by atoms with Gasteiger partial charge in [0.25, 0.3) is 0 Å². The molecule has 1 N–H and O–H groups in total. The summed E-state index contributed by atoms with van der Waals surface area (Å²) in [6.45, 7) is 7.99. The van der Waals surface area contributed by atoms with Gasteiger partial charge in [-0.1, -0.05) is 26.0 Å². The molecular weight excluding hydrogens is 226 g/mol. The van der Waals surface area contributed by atoms with Crippen LogP contribution in [0, 0.1) is 0 Å². The Hall–Kier alpha value is -1.06. The molecule has 0 aliphatic carbocycles. The molecule has 0 bridgehead atoms. The van der Waals surface area contributed by atoms with Gasteiger partial charge in [-0.15, -0.1) is 0 Å². The zero-order valence-corrected chi connectivity index (χ0v) is 11.9. The van der Waals surface area contributed by atoms with Crippen LogP contribution >= 0.6 is 0 Å². The normalized spacial score (nSPS) is 14.2. The lowest BCUT2D eigenvalue weighted by Gasteiger charge is -2.21. The molecule has 0 saturated heterocycles. The summed E-state index contributed by atoms with van der Waals surface area (Å²) in [5, 5.41) is 3.45. The van der Waals surface area contributed by atoms with Gasteiger partial charge in [0.1, 0.15) is 5.75 Å². The highest BCUT2D eigenvalue weighted by molar-refractivity contribution is 5.29. The predicted molar refractivity (Wildman–Crippen MR) is 75.1 cm³/mol. The van der Waals surface area contributed by atoms with Crippen molar-refractivity contribution in [2.75, 3.05) is 20.3 Å². The first-order valence-electron chi connectivity index (χ1n) is 6.70. The van der Waals surface area contributed by atoms with Crippen molar-refractivity contribution in [3.05, 3.63) is 29.8 Å². The molecule has 2 unspecified atom stereocenters. The van der Waals surface area contributed by atoms with Crippen molar-refractivity contribution in [1.29, 1.82) is 0 Å². The average molecular weight is 251 g/mol. The van der Waals surface area contributed by atoms with Gasteiger partial charge in [-0.05, 0) is 37.6 Å².